The maximum Gasteiger partial charge on any atom is 0.324 e. The van der Waals surface area contributed by atoms with Crippen LogP contribution in [0.25, 0.3) is 0 Å². The maximum atomic E-state index is 12.4. The Labute approximate surface area is 124 Å². The van der Waals surface area contributed by atoms with Crippen LogP contribution in [0.3, 0.4) is 0 Å². The van der Waals surface area contributed by atoms with Gasteiger partial charge in [-0.15, -0.1) is 0 Å². The zero-order valence-corrected chi connectivity index (χ0v) is 13.0. The summed E-state index contributed by atoms with van der Waals surface area (Å²) < 4.78 is 27.2. The molecule has 7 heteroatoms. The minimum atomic E-state index is -3.98. The molecule has 0 spiro atoms. The fraction of sp³-hybridized carbons (Fsp3) is 0.429. The van der Waals surface area contributed by atoms with E-state index in [0.29, 0.717) is 11.1 Å². The van der Waals surface area contributed by atoms with Gasteiger partial charge in [-0.1, -0.05) is 13.8 Å². The van der Waals surface area contributed by atoms with Crippen molar-refractivity contribution in [1.29, 1.82) is 5.26 Å². The summed E-state index contributed by atoms with van der Waals surface area (Å²) in [5, 5.41) is 18.1. The van der Waals surface area contributed by atoms with E-state index in [1.165, 1.54) is 18.2 Å². The predicted molar refractivity (Wildman–Crippen MR) is 77.2 cm³/mol. The van der Waals surface area contributed by atoms with Crippen molar-refractivity contribution in [2.45, 2.75) is 44.0 Å². The van der Waals surface area contributed by atoms with Gasteiger partial charge in [-0.2, -0.15) is 9.98 Å². The lowest BCUT2D eigenvalue weighted by Gasteiger charge is -2.28. The molecule has 0 amide bonds. The Morgan fingerprint density at radius 2 is 1.95 bits per heavy atom. The van der Waals surface area contributed by atoms with Crippen LogP contribution in [0.15, 0.2) is 23.1 Å². The molecule has 1 aromatic carbocycles. The zero-order valence-electron chi connectivity index (χ0n) is 12.2. The number of nitrogens with zero attached hydrogens (tertiary/aromatic N) is 1. The molecule has 0 heterocycles. The van der Waals surface area contributed by atoms with E-state index in [1.807, 2.05) is 6.07 Å². The molecule has 0 bridgehead atoms. The highest BCUT2D eigenvalue weighted by Gasteiger charge is 2.39. The maximum absolute atomic E-state index is 12.4. The molecule has 0 aliphatic rings. The summed E-state index contributed by atoms with van der Waals surface area (Å²) in [5.41, 5.74) is -0.783. The monoisotopic (exact) mass is 310 g/mol. The van der Waals surface area contributed by atoms with Crippen molar-refractivity contribution >= 4 is 16.0 Å². The molecule has 0 aliphatic heterocycles. The van der Waals surface area contributed by atoms with Crippen LogP contribution in [0.4, 0.5) is 0 Å². The first-order valence-corrected chi connectivity index (χ1v) is 7.99. The van der Waals surface area contributed by atoms with Gasteiger partial charge in [0.05, 0.1) is 16.5 Å². The molecule has 0 fully saturated rings. The Balaban J connectivity index is 3.30. The summed E-state index contributed by atoms with van der Waals surface area (Å²) in [5.74, 6) is -1.21. The van der Waals surface area contributed by atoms with Crippen molar-refractivity contribution < 1.29 is 18.3 Å². The van der Waals surface area contributed by atoms with Crippen molar-refractivity contribution in [2.24, 2.45) is 0 Å². The van der Waals surface area contributed by atoms with Gasteiger partial charge < -0.3 is 5.11 Å². The number of nitrogens with one attached hydrogen (secondary N) is 1. The van der Waals surface area contributed by atoms with Crippen LogP contribution in [0, 0.1) is 18.3 Å². The minimum absolute atomic E-state index is 0.0194. The Hall–Kier alpha value is -1.91. The second-order valence-corrected chi connectivity index (χ2v) is 6.44. The quantitative estimate of drug-likeness (QED) is 0.833. The molecule has 6 nitrogen and oxygen atoms in total. The molecule has 0 aromatic heterocycles. The van der Waals surface area contributed by atoms with Gasteiger partial charge in [-0.25, -0.2) is 8.42 Å². The molecule has 114 valence electrons. The van der Waals surface area contributed by atoms with Crippen molar-refractivity contribution in [3.8, 4) is 6.07 Å². The van der Waals surface area contributed by atoms with Crippen LogP contribution in [0.2, 0.25) is 0 Å². The van der Waals surface area contributed by atoms with Gasteiger partial charge in [-0.3, -0.25) is 4.79 Å². The lowest BCUT2D eigenvalue weighted by atomic mass is 9.95. The summed E-state index contributed by atoms with van der Waals surface area (Å²) in [6.07, 6.45) is 0.265. The van der Waals surface area contributed by atoms with Gasteiger partial charge >= 0.3 is 5.97 Å². The van der Waals surface area contributed by atoms with E-state index in [-0.39, 0.29) is 17.7 Å². The number of carboxylic acids is 1. The second kappa shape index (κ2) is 6.24. The molecule has 0 radical (unpaired) electrons. The van der Waals surface area contributed by atoms with E-state index in [9.17, 15) is 18.3 Å². The number of aryl methyl sites for hydroxylation is 1. The standard InChI is InChI=1S/C14H18N2O4S/c1-4-14(5-2,13(17)18)16-21(19,20)12-7-6-11(9-15)8-10(12)3/h6-8,16H,4-5H2,1-3H3,(H,17,18). The Morgan fingerprint density at radius 1 is 1.38 bits per heavy atom. The molecule has 0 saturated heterocycles. The number of aliphatic carboxylic acids is 1. The van der Waals surface area contributed by atoms with Crippen LogP contribution in [0.1, 0.15) is 37.8 Å². The van der Waals surface area contributed by atoms with Gasteiger partial charge in [0.25, 0.3) is 0 Å². The van der Waals surface area contributed by atoms with E-state index in [1.54, 1.807) is 20.8 Å². The number of carboxylic acid groups (broad SMARTS) is 1. The SMILES string of the molecule is CCC(CC)(NS(=O)(=O)c1ccc(C#N)cc1C)C(=O)O. The van der Waals surface area contributed by atoms with Crippen molar-refractivity contribution in [2.75, 3.05) is 0 Å². The van der Waals surface area contributed by atoms with Gasteiger partial charge in [0.15, 0.2) is 0 Å². The van der Waals surface area contributed by atoms with Crippen molar-refractivity contribution in [3.05, 3.63) is 29.3 Å². The molecule has 0 saturated carbocycles. The third kappa shape index (κ3) is 3.40. The highest BCUT2D eigenvalue weighted by atomic mass is 32.2. The molecule has 0 aliphatic carbocycles. The summed E-state index contributed by atoms with van der Waals surface area (Å²) in [6, 6.07) is 6.08. The molecular formula is C14H18N2O4S. The topological polar surface area (TPSA) is 107 Å². The van der Waals surface area contributed by atoms with Crippen LogP contribution >= 0.6 is 0 Å². The number of nitriles is 1. The Bertz CT molecular complexity index is 685. The smallest absolute Gasteiger partial charge is 0.324 e. The molecule has 21 heavy (non-hydrogen) atoms. The average Bonchev–Trinajstić information content (AvgIpc) is 2.43. The summed E-state index contributed by atoms with van der Waals surface area (Å²) in [6.45, 7) is 4.80. The van der Waals surface area contributed by atoms with Crippen LogP contribution < -0.4 is 4.72 Å². The van der Waals surface area contributed by atoms with Crippen molar-refractivity contribution in [1.82, 2.24) is 4.72 Å². The van der Waals surface area contributed by atoms with E-state index in [4.69, 9.17) is 5.26 Å². The van der Waals surface area contributed by atoms with Crippen LogP contribution in [-0.4, -0.2) is 25.0 Å². The molecule has 0 atom stereocenters. The number of hydrogen-bond donors (Lipinski definition) is 2. The number of sulfonamides is 1. The van der Waals surface area contributed by atoms with Gasteiger partial charge in [0, 0.05) is 0 Å². The summed E-state index contributed by atoms with van der Waals surface area (Å²) in [7, 11) is -3.98. The minimum Gasteiger partial charge on any atom is -0.480 e. The average molecular weight is 310 g/mol. The molecule has 0 unspecified atom stereocenters. The number of rotatable bonds is 6. The normalized spacial score (nSPS) is 11.9. The highest BCUT2D eigenvalue weighted by molar-refractivity contribution is 7.89. The van der Waals surface area contributed by atoms with Gasteiger partial charge in [-0.05, 0) is 43.5 Å². The largest absolute Gasteiger partial charge is 0.480 e. The Kier molecular flexibility index (Phi) is 5.10. The molecule has 1 aromatic rings. The fourth-order valence-corrected chi connectivity index (χ4v) is 3.80. The van der Waals surface area contributed by atoms with E-state index >= 15 is 0 Å². The van der Waals surface area contributed by atoms with Gasteiger partial charge in [0.2, 0.25) is 10.0 Å². The molecule has 2 N–H and O–H groups in total. The van der Waals surface area contributed by atoms with E-state index in [0.717, 1.165) is 0 Å². The first kappa shape index (κ1) is 17.1. The first-order valence-electron chi connectivity index (χ1n) is 6.50. The summed E-state index contributed by atoms with van der Waals surface area (Å²) >= 11 is 0. The Morgan fingerprint density at radius 3 is 2.33 bits per heavy atom. The third-order valence-electron chi connectivity index (χ3n) is 3.54. The summed E-state index contributed by atoms with van der Waals surface area (Å²) in [4.78, 5) is 11.4. The van der Waals surface area contributed by atoms with E-state index < -0.39 is 21.5 Å². The van der Waals surface area contributed by atoms with Crippen LogP contribution in [-0.2, 0) is 14.8 Å². The number of carbonyl (C=O) groups is 1. The van der Waals surface area contributed by atoms with Crippen LogP contribution in [0.5, 0.6) is 0 Å². The fourth-order valence-electron chi connectivity index (χ4n) is 2.07. The highest BCUT2D eigenvalue weighted by Crippen LogP contribution is 2.22. The van der Waals surface area contributed by atoms with Crippen molar-refractivity contribution in [3.63, 3.8) is 0 Å². The first-order chi connectivity index (χ1) is 9.72. The zero-order chi connectivity index (χ0) is 16.3. The van der Waals surface area contributed by atoms with Gasteiger partial charge in [0.1, 0.15) is 5.54 Å². The predicted octanol–water partition coefficient (Wildman–Crippen LogP) is 1.79. The number of hydrogen-bond acceptors (Lipinski definition) is 4. The molecular weight excluding hydrogens is 292 g/mol. The second-order valence-electron chi connectivity index (χ2n) is 4.79. The lowest BCUT2D eigenvalue weighted by Crippen LogP contribution is -2.53. The third-order valence-corrected chi connectivity index (χ3v) is 5.24. The lowest BCUT2D eigenvalue weighted by molar-refractivity contribution is -0.144. The van der Waals surface area contributed by atoms with E-state index in [2.05, 4.69) is 4.72 Å². The molecule has 1 rings (SSSR count). The number of benzene rings is 1.